The Morgan fingerprint density at radius 3 is 2.92 bits per heavy atom. The van der Waals surface area contributed by atoms with Gasteiger partial charge < -0.3 is 10.6 Å². The number of carbonyl (C=O) groups excluding carboxylic acids is 2. The SMILES string of the molecule is CC(C)n1ncc2cc(NC(=O)C3CC(=O)Nc4ccccc43)cnc21. The van der Waals surface area contributed by atoms with E-state index in [0.29, 0.717) is 11.4 Å². The maximum Gasteiger partial charge on any atom is 0.232 e. The van der Waals surface area contributed by atoms with Crippen LogP contribution < -0.4 is 10.6 Å². The normalized spacial score (nSPS) is 16.4. The van der Waals surface area contributed by atoms with Crippen LogP contribution in [0.5, 0.6) is 0 Å². The molecule has 0 fully saturated rings. The fraction of sp³-hybridized carbons (Fsp3) is 0.263. The van der Waals surface area contributed by atoms with Crippen molar-refractivity contribution in [2.75, 3.05) is 10.6 Å². The molecule has 0 spiro atoms. The lowest BCUT2D eigenvalue weighted by molar-refractivity contribution is -0.123. The number of carbonyl (C=O) groups is 2. The van der Waals surface area contributed by atoms with Gasteiger partial charge in [-0.05, 0) is 31.5 Å². The number of anilines is 2. The van der Waals surface area contributed by atoms with Crippen molar-refractivity contribution in [3.8, 4) is 0 Å². The van der Waals surface area contributed by atoms with Crippen LogP contribution in [0.3, 0.4) is 0 Å². The summed E-state index contributed by atoms with van der Waals surface area (Å²) in [5.41, 5.74) is 2.89. The number of para-hydroxylation sites is 1. The Morgan fingerprint density at radius 2 is 2.12 bits per heavy atom. The van der Waals surface area contributed by atoms with Crippen LogP contribution in [-0.2, 0) is 9.59 Å². The van der Waals surface area contributed by atoms with Crippen molar-refractivity contribution in [1.82, 2.24) is 14.8 Å². The molecule has 0 saturated heterocycles. The summed E-state index contributed by atoms with van der Waals surface area (Å²) in [6.07, 6.45) is 3.49. The Labute approximate surface area is 150 Å². The lowest BCUT2D eigenvalue weighted by Gasteiger charge is -2.24. The molecule has 0 aliphatic carbocycles. The molecule has 1 aromatic carbocycles. The molecule has 2 aromatic heterocycles. The molecule has 1 aliphatic heterocycles. The minimum atomic E-state index is -0.519. The second kappa shape index (κ2) is 6.25. The Kier molecular flexibility index (Phi) is 3.91. The average molecular weight is 349 g/mol. The quantitative estimate of drug-likeness (QED) is 0.760. The maximum absolute atomic E-state index is 12.8. The summed E-state index contributed by atoms with van der Waals surface area (Å²) in [7, 11) is 0. The van der Waals surface area contributed by atoms with E-state index in [4.69, 9.17) is 0 Å². The van der Waals surface area contributed by atoms with E-state index in [2.05, 4.69) is 20.7 Å². The number of pyridine rings is 1. The van der Waals surface area contributed by atoms with Gasteiger partial charge in [0, 0.05) is 23.5 Å². The lowest BCUT2D eigenvalue weighted by atomic mass is 9.90. The number of rotatable bonds is 3. The first-order valence-corrected chi connectivity index (χ1v) is 8.56. The number of nitrogens with one attached hydrogen (secondary N) is 2. The first-order valence-electron chi connectivity index (χ1n) is 8.56. The monoisotopic (exact) mass is 349 g/mol. The van der Waals surface area contributed by atoms with Crippen LogP contribution >= 0.6 is 0 Å². The molecular weight excluding hydrogens is 330 g/mol. The van der Waals surface area contributed by atoms with Gasteiger partial charge in [-0.3, -0.25) is 9.59 Å². The first-order chi connectivity index (χ1) is 12.5. The molecule has 0 bridgehead atoms. The van der Waals surface area contributed by atoms with E-state index in [0.717, 1.165) is 16.6 Å². The van der Waals surface area contributed by atoms with Gasteiger partial charge in [-0.25, -0.2) is 9.67 Å². The van der Waals surface area contributed by atoms with E-state index in [1.165, 1.54) is 0 Å². The highest BCUT2D eigenvalue weighted by Crippen LogP contribution is 2.33. The van der Waals surface area contributed by atoms with Gasteiger partial charge in [0.1, 0.15) is 0 Å². The smallest absolute Gasteiger partial charge is 0.232 e. The van der Waals surface area contributed by atoms with Crippen molar-refractivity contribution < 1.29 is 9.59 Å². The summed E-state index contributed by atoms with van der Waals surface area (Å²) in [5.74, 6) is -0.894. The van der Waals surface area contributed by atoms with Crippen LogP contribution in [-0.4, -0.2) is 26.6 Å². The number of benzene rings is 1. The molecule has 132 valence electrons. The van der Waals surface area contributed by atoms with Gasteiger partial charge in [-0.1, -0.05) is 18.2 Å². The van der Waals surface area contributed by atoms with Crippen molar-refractivity contribution in [2.45, 2.75) is 32.2 Å². The number of nitrogens with zero attached hydrogens (tertiary/aromatic N) is 3. The van der Waals surface area contributed by atoms with E-state index in [9.17, 15) is 9.59 Å². The summed E-state index contributed by atoms with van der Waals surface area (Å²) < 4.78 is 1.84. The number of aromatic nitrogens is 3. The van der Waals surface area contributed by atoms with Crippen molar-refractivity contribution in [2.24, 2.45) is 0 Å². The topological polar surface area (TPSA) is 88.9 Å². The molecule has 1 atom stereocenters. The van der Waals surface area contributed by atoms with Crippen molar-refractivity contribution in [1.29, 1.82) is 0 Å². The number of hydrogen-bond acceptors (Lipinski definition) is 4. The summed E-state index contributed by atoms with van der Waals surface area (Å²) in [6.45, 7) is 4.07. The van der Waals surface area contributed by atoms with E-state index in [-0.39, 0.29) is 24.3 Å². The van der Waals surface area contributed by atoms with E-state index >= 15 is 0 Å². The van der Waals surface area contributed by atoms with Gasteiger partial charge >= 0.3 is 0 Å². The molecule has 3 heterocycles. The highest BCUT2D eigenvalue weighted by atomic mass is 16.2. The van der Waals surface area contributed by atoms with Gasteiger partial charge in [-0.2, -0.15) is 5.10 Å². The largest absolute Gasteiger partial charge is 0.326 e. The molecule has 1 unspecified atom stereocenters. The lowest BCUT2D eigenvalue weighted by Crippen LogP contribution is -2.30. The second-order valence-corrected chi connectivity index (χ2v) is 6.70. The maximum atomic E-state index is 12.8. The second-order valence-electron chi connectivity index (χ2n) is 6.70. The Morgan fingerprint density at radius 1 is 1.31 bits per heavy atom. The fourth-order valence-electron chi connectivity index (χ4n) is 3.26. The van der Waals surface area contributed by atoms with Crippen molar-refractivity contribution in [3.63, 3.8) is 0 Å². The molecule has 0 saturated carbocycles. The molecule has 26 heavy (non-hydrogen) atoms. The third-order valence-electron chi connectivity index (χ3n) is 4.51. The predicted molar refractivity (Wildman–Crippen MR) is 99.0 cm³/mol. The third-order valence-corrected chi connectivity index (χ3v) is 4.51. The van der Waals surface area contributed by atoms with Crippen molar-refractivity contribution in [3.05, 3.63) is 48.3 Å². The first kappa shape index (κ1) is 16.3. The molecule has 1 aliphatic rings. The average Bonchev–Trinajstić information content (AvgIpc) is 3.04. The van der Waals surface area contributed by atoms with Crippen LogP contribution in [0.2, 0.25) is 0 Å². The molecule has 7 heteroatoms. The Balaban J connectivity index is 1.61. The Hall–Kier alpha value is -3.22. The highest BCUT2D eigenvalue weighted by molar-refractivity contribution is 6.05. The number of fused-ring (bicyclic) bond motifs is 2. The third kappa shape index (κ3) is 2.81. The fourth-order valence-corrected chi connectivity index (χ4v) is 3.26. The van der Waals surface area contributed by atoms with E-state index < -0.39 is 5.92 Å². The van der Waals surface area contributed by atoms with Crippen LogP contribution in [0.1, 0.15) is 37.8 Å². The van der Waals surface area contributed by atoms with Gasteiger partial charge in [-0.15, -0.1) is 0 Å². The van der Waals surface area contributed by atoms with Gasteiger partial charge in [0.05, 0.1) is 24.0 Å². The minimum Gasteiger partial charge on any atom is -0.326 e. The van der Waals surface area contributed by atoms with Crippen LogP contribution in [0.15, 0.2) is 42.7 Å². The molecule has 2 amide bonds. The Bertz CT molecular complexity index is 1010. The molecular formula is C19H19N5O2. The van der Waals surface area contributed by atoms with Gasteiger partial charge in [0.2, 0.25) is 11.8 Å². The van der Waals surface area contributed by atoms with Gasteiger partial charge in [0.15, 0.2) is 5.65 Å². The highest BCUT2D eigenvalue weighted by Gasteiger charge is 2.30. The molecule has 2 N–H and O–H groups in total. The summed E-state index contributed by atoms with van der Waals surface area (Å²) >= 11 is 0. The molecule has 7 nitrogen and oxygen atoms in total. The standard InChI is InChI=1S/C19H19N5O2/c1-11(2)24-18-12(9-21-24)7-13(10-20-18)22-19(26)15-8-17(25)23-16-6-4-3-5-14(15)16/h3-7,9-11,15H,8H2,1-2H3,(H,22,26)(H,23,25). The number of hydrogen-bond donors (Lipinski definition) is 2. The zero-order chi connectivity index (χ0) is 18.3. The molecule has 4 rings (SSSR count). The van der Waals surface area contributed by atoms with Crippen LogP contribution in [0.25, 0.3) is 11.0 Å². The van der Waals surface area contributed by atoms with Crippen molar-refractivity contribution >= 4 is 34.2 Å². The van der Waals surface area contributed by atoms with Gasteiger partial charge in [0.25, 0.3) is 0 Å². The van der Waals surface area contributed by atoms with E-state index in [1.807, 2.05) is 42.8 Å². The zero-order valence-electron chi connectivity index (χ0n) is 14.6. The zero-order valence-corrected chi connectivity index (χ0v) is 14.6. The number of amides is 2. The molecule has 3 aromatic rings. The summed E-state index contributed by atoms with van der Waals surface area (Å²) in [6, 6.07) is 9.43. The minimum absolute atomic E-state index is 0.129. The summed E-state index contributed by atoms with van der Waals surface area (Å²) in [5, 5.41) is 10.9. The molecule has 0 radical (unpaired) electrons. The summed E-state index contributed by atoms with van der Waals surface area (Å²) in [4.78, 5) is 29.1. The predicted octanol–water partition coefficient (Wildman–Crippen LogP) is 3.08. The van der Waals surface area contributed by atoms with Crippen LogP contribution in [0.4, 0.5) is 11.4 Å². The van der Waals surface area contributed by atoms with E-state index in [1.54, 1.807) is 18.5 Å². The van der Waals surface area contributed by atoms with Crippen LogP contribution in [0, 0.1) is 0 Å².